The van der Waals surface area contributed by atoms with Crippen LogP contribution in [0.25, 0.3) is 99.5 Å². The number of hydrogen-bond donors (Lipinski definition) is 0. The van der Waals surface area contributed by atoms with Crippen LogP contribution in [0.15, 0.2) is 245 Å². The van der Waals surface area contributed by atoms with Crippen LogP contribution in [0.5, 0.6) is 0 Å². The van der Waals surface area contributed by atoms with Gasteiger partial charge in [-0.25, -0.2) is 0 Å². The summed E-state index contributed by atoms with van der Waals surface area (Å²) in [5.41, 5.74) is 17.7. The molecule has 0 aliphatic rings. The SMILES string of the molecule is c1ccc(-c2ccc(N(c3cccc(-c4cccc5c4oc4ccccc45)c3)c3cccc(-c4cccc5c4oc4ccccc45)c3-c3cccc(-c4ccccc4)c3)cc2)cc1. The molecule has 0 aliphatic heterocycles. The maximum atomic E-state index is 6.75. The van der Waals surface area contributed by atoms with Crippen molar-refractivity contribution in [2.75, 3.05) is 4.90 Å². The summed E-state index contributed by atoms with van der Waals surface area (Å²) in [7, 11) is 0. The summed E-state index contributed by atoms with van der Waals surface area (Å²) in [6.07, 6.45) is 0. The molecule has 0 fully saturated rings. The minimum Gasteiger partial charge on any atom is -0.455 e. The summed E-state index contributed by atoms with van der Waals surface area (Å²) in [4.78, 5) is 2.41. The van der Waals surface area contributed by atoms with E-state index in [1.807, 2.05) is 18.2 Å². The smallest absolute Gasteiger partial charge is 0.143 e. The van der Waals surface area contributed by atoms with Crippen molar-refractivity contribution in [2.24, 2.45) is 0 Å². The van der Waals surface area contributed by atoms with Crippen LogP contribution < -0.4 is 4.90 Å². The van der Waals surface area contributed by atoms with E-state index in [0.29, 0.717) is 0 Å². The van der Waals surface area contributed by atoms with Gasteiger partial charge in [-0.1, -0.05) is 188 Å². The Hall–Kier alpha value is -8.40. The summed E-state index contributed by atoms with van der Waals surface area (Å²) in [6, 6.07) is 84.1. The van der Waals surface area contributed by atoms with E-state index in [2.05, 4.69) is 223 Å². The number of fused-ring (bicyclic) bond motifs is 6. The molecule has 0 unspecified atom stereocenters. The number of nitrogens with zero attached hydrogens (tertiary/aromatic N) is 1. The molecular formula is C60H39NO2. The largest absolute Gasteiger partial charge is 0.455 e. The zero-order valence-corrected chi connectivity index (χ0v) is 34.3. The van der Waals surface area contributed by atoms with Crippen molar-refractivity contribution in [1.29, 1.82) is 0 Å². The lowest BCUT2D eigenvalue weighted by Gasteiger charge is -2.30. The fourth-order valence-electron chi connectivity index (χ4n) is 9.35. The zero-order chi connectivity index (χ0) is 41.7. The van der Waals surface area contributed by atoms with Crippen LogP contribution in [0.1, 0.15) is 0 Å². The highest BCUT2D eigenvalue weighted by Gasteiger charge is 2.24. The normalized spacial score (nSPS) is 11.5. The van der Waals surface area contributed by atoms with Gasteiger partial charge in [-0.05, 0) is 87.5 Å². The van der Waals surface area contributed by atoms with Crippen molar-refractivity contribution in [2.45, 2.75) is 0 Å². The molecular weight excluding hydrogens is 767 g/mol. The third kappa shape index (κ3) is 6.38. The van der Waals surface area contributed by atoms with E-state index in [-0.39, 0.29) is 0 Å². The van der Waals surface area contributed by atoms with Crippen LogP contribution in [-0.2, 0) is 0 Å². The quantitative estimate of drug-likeness (QED) is 0.153. The Morgan fingerprint density at radius 3 is 1.44 bits per heavy atom. The molecule has 0 radical (unpaired) electrons. The molecule has 0 spiro atoms. The molecule has 296 valence electrons. The fraction of sp³-hybridized carbons (Fsp3) is 0. The Morgan fingerprint density at radius 2 is 0.746 bits per heavy atom. The van der Waals surface area contributed by atoms with E-state index >= 15 is 0 Å². The molecule has 0 aliphatic carbocycles. The van der Waals surface area contributed by atoms with Crippen LogP contribution in [0.2, 0.25) is 0 Å². The second-order valence-corrected chi connectivity index (χ2v) is 16.0. The average molecular weight is 806 g/mol. The number of rotatable bonds is 8. The minimum absolute atomic E-state index is 0.871. The van der Waals surface area contributed by atoms with Gasteiger partial charge in [0.1, 0.15) is 22.3 Å². The van der Waals surface area contributed by atoms with Crippen molar-refractivity contribution in [3.8, 4) is 55.6 Å². The highest BCUT2D eigenvalue weighted by Crippen LogP contribution is 2.49. The Balaban J connectivity index is 1.12. The lowest BCUT2D eigenvalue weighted by Crippen LogP contribution is -2.12. The minimum atomic E-state index is 0.871. The van der Waals surface area contributed by atoms with Crippen molar-refractivity contribution >= 4 is 60.9 Å². The molecule has 0 atom stereocenters. The number of anilines is 3. The zero-order valence-electron chi connectivity index (χ0n) is 34.3. The Bertz CT molecular complexity index is 3620. The summed E-state index contributed by atoms with van der Waals surface area (Å²) in [5, 5.41) is 4.42. The molecule has 10 aromatic carbocycles. The molecule has 0 saturated carbocycles. The van der Waals surface area contributed by atoms with E-state index in [1.54, 1.807) is 0 Å². The highest BCUT2D eigenvalue weighted by molar-refractivity contribution is 6.12. The van der Waals surface area contributed by atoms with Crippen molar-refractivity contribution in [1.82, 2.24) is 0 Å². The Morgan fingerprint density at radius 1 is 0.270 bits per heavy atom. The molecule has 0 amide bonds. The molecule has 12 aromatic rings. The van der Waals surface area contributed by atoms with Crippen LogP contribution >= 0.6 is 0 Å². The third-order valence-corrected chi connectivity index (χ3v) is 12.3. The van der Waals surface area contributed by atoms with E-state index in [4.69, 9.17) is 8.83 Å². The van der Waals surface area contributed by atoms with Crippen LogP contribution in [-0.4, -0.2) is 0 Å². The standard InChI is InChI=1S/C60H39NO2/c1-3-16-40(17-4-1)42-34-36-46(37-35-42)61(47-23-12-21-44(39-47)48-26-13-28-52-49-24-7-9-32-56(49)62-59(48)52)55-31-15-27-51(54-30-14-29-53-50-25-8-10-33-57(50)63-60(53)54)58(55)45-22-11-20-43(38-45)41-18-5-2-6-19-41/h1-39H. The first kappa shape index (κ1) is 36.5. The Kier molecular flexibility index (Phi) is 8.83. The third-order valence-electron chi connectivity index (χ3n) is 12.3. The molecule has 0 bridgehead atoms. The van der Waals surface area contributed by atoms with Gasteiger partial charge in [-0.15, -0.1) is 0 Å². The van der Waals surface area contributed by atoms with Gasteiger partial charge >= 0.3 is 0 Å². The summed E-state index contributed by atoms with van der Waals surface area (Å²) in [6.45, 7) is 0. The molecule has 2 heterocycles. The predicted molar refractivity (Wildman–Crippen MR) is 263 cm³/mol. The lowest BCUT2D eigenvalue weighted by atomic mass is 9.89. The van der Waals surface area contributed by atoms with Crippen LogP contribution in [0, 0.1) is 0 Å². The molecule has 3 heteroatoms. The van der Waals surface area contributed by atoms with E-state index in [1.165, 1.54) is 11.1 Å². The van der Waals surface area contributed by atoms with Crippen molar-refractivity contribution in [3.05, 3.63) is 237 Å². The van der Waals surface area contributed by atoms with Gasteiger partial charge in [-0.2, -0.15) is 0 Å². The van der Waals surface area contributed by atoms with Gasteiger partial charge < -0.3 is 13.7 Å². The van der Waals surface area contributed by atoms with Crippen LogP contribution in [0.4, 0.5) is 17.1 Å². The van der Waals surface area contributed by atoms with Gasteiger partial charge in [0.25, 0.3) is 0 Å². The molecule has 0 N–H and O–H groups in total. The van der Waals surface area contributed by atoms with E-state index in [9.17, 15) is 0 Å². The summed E-state index contributed by atoms with van der Waals surface area (Å²) < 4.78 is 13.3. The second-order valence-electron chi connectivity index (χ2n) is 16.0. The van der Waals surface area contributed by atoms with Gasteiger partial charge in [0.05, 0.1) is 5.69 Å². The lowest BCUT2D eigenvalue weighted by molar-refractivity contribution is 0.669. The summed E-state index contributed by atoms with van der Waals surface area (Å²) >= 11 is 0. The topological polar surface area (TPSA) is 29.5 Å². The molecule has 12 rings (SSSR count). The fourth-order valence-corrected chi connectivity index (χ4v) is 9.35. The number of hydrogen-bond acceptors (Lipinski definition) is 3. The Labute approximate surface area is 365 Å². The first-order valence-corrected chi connectivity index (χ1v) is 21.4. The highest BCUT2D eigenvalue weighted by atomic mass is 16.3. The number of furan rings is 2. The van der Waals surface area contributed by atoms with Crippen molar-refractivity contribution in [3.63, 3.8) is 0 Å². The monoisotopic (exact) mass is 805 g/mol. The first-order chi connectivity index (χ1) is 31.2. The van der Waals surface area contributed by atoms with Gasteiger partial charge in [0, 0.05) is 49.6 Å². The number of benzene rings is 10. The average Bonchev–Trinajstić information content (AvgIpc) is 3.94. The predicted octanol–water partition coefficient (Wildman–Crippen LogP) is 17.3. The molecule has 3 nitrogen and oxygen atoms in total. The molecule has 2 aromatic heterocycles. The van der Waals surface area contributed by atoms with Gasteiger partial charge in [-0.3, -0.25) is 0 Å². The maximum Gasteiger partial charge on any atom is 0.143 e. The van der Waals surface area contributed by atoms with E-state index < -0.39 is 0 Å². The van der Waals surface area contributed by atoms with Gasteiger partial charge in [0.2, 0.25) is 0 Å². The molecule has 0 saturated heterocycles. The van der Waals surface area contributed by atoms with Crippen molar-refractivity contribution < 1.29 is 8.83 Å². The number of para-hydroxylation sites is 4. The van der Waals surface area contributed by atoms with E-state index in [0.717, 1.165) is 105 Å². The first-order valence-electron chi connectivity index (χ1n) is 21.4. The maximum absolute atomic E-state index is 6.75. The molecule has 63 heavy (non-hydrogen) atoms. The van der Waals surface area contributed by atoms with Gasteiger partial charge in [0.15, 0.2) is 0 Å². The van der Waals surface area contributed by atoms with Crippen LogP contribution in [0.3, 0.4) is 0 Å². The second kappa shape index (κ2) is 15.3. The summed E-state index contributed by atoms with van der Waals surface area (Å²) in [5.74, 6) is 0.